The van der Waals surface area contributed by atoms with E-state index in [1.165, 1.54) is 4.90 Å². The fourth-order valence-corrected chi connectivity index (χ4v) is 3.00. The Bertz CT molecular complexity index is 347. The van der Waals surface area contributed by atoms with Crippen LogP contribution in [0.1, 0.15) is 40.0 Å². The summed E-state index contributed by atoms with van der Waals surface area (Å²) in [7, 11) is 0. The summed E-state index contributed by atoms with van der Waals surface area (Å²) in [6, 6.07) is -0.369. The van der Waals surface area contributed by atoms with Gasteiger partial charge in [0.2, 0.25) is 0 Å². The number of aliphatic carboxylic acids is 1. The monoisotopic (exact) mass is 296 g/mol. The molecule has 20 heavy (non-hydrogen) atoms. The summed E-state index contributed by atoms with van der Waals surface area (Å²) in [6.45, 7) is 4.63. The first-order valence-corrected chi connectivity index (χ1v) is 6.91. The minimum atomic E-state index is -4.25. The van der Waals surface area contributed by atoms with E-state index in [0.717, 1.165) is 0 Å². The molecule has 0 aromatic rings. The molecule has 0 radical (unpaired) electrons. The van der Waals surface area contributed by atoms with Crippen molar-refractivity contribution < 1.29 is 23.1 Å². The zero-order valence-electron chi connectivity index (χ0n) is 12.1. The van der Waals surface area contributed by atoms with E-state index in [-0.39, 0.29) is 25.0 Å². The van der Waals surface area contributed by atoms with Gasteiger partial charge in [-0.05, 0) is 39.7 Å². The second-order valence-corrected chi connectivity index (χ2v) is 5.76. The zero-order valence-corrected chi connectivity index (χ0v) is 12.1. The lowest BCUT2D eigenvalue weighted by atomic mass is 9.96. The van der Waals surface area contributed by atoms with E-state index < -0.39 is 24.2 Å². The summed E-state index contributed by atoms with van der Waals surface area (Å²) in [5.41, 5.74) is -1.10. The standard InChI is InChI=1S/C13H23F3N2O2/c1-4-18(8-13(14,15)16)10-5-6-12(7-10,11(19)20)17-9(2)3/h9-10,17H,4-8H2,1-3H3,(H,19,20). The highest BCUT2D eigenvalue weighted by molar-refractivity contribution is 5.79. The van der Waals surface area contributed by atoms with E-state index in [1.807, 2.05) is 13.8 Å². The van der Waals surface area contributed by atoms with E-state index in [0.29, 0.717) is 12.8 Å². The molecular weight excluding hydrogens is 273 g/mol. The van der Waals surface area contributed by atoms with Crippen LogP contribution in [0.15, 0.2) is 0 Å². The number of alkyl halides is 3. The summed E-state index contributed by atoms with van der Waals surface area (Å²) in [5, 5.41) is 12.4. The number of nitrogens with zero attached hydrogens (tertiary/aromatic N) is 1. The number of rotatable bonds is 6. The van der Waals surface area contributed by atoms with Crippen molar-refractivity contribution in [1.82, 2.24) is 10.2 Å². The third kappa shape index (κ3) is 4.34. The van der Waals surface area contributed by atoms with Crippen LogP contribution >= 0.6 is 0 Å². The fraction of sp³-hybridized carbons (Fsp3) is 0.923. The Morgan fingerprint density at radius 2 is 2.10 bits per heavy atom. The lowest BCUT2D eigenvalue weighted by Crippen LogP contribution is -2.54. The maximum absolute atomic E-state index is 12.5. The molecule has 2 unspecified atom stereocenters. The van der Waals surface area contributed by atoms with Crippen molar-refractivity contribution in [2.45, 2.75) is 63.8 Å². The van der Waals surface area contributed by atoms with Crippen LogP contribution in [0.4, 0.5) is 13.2 Å². The maximum Gasteiger partial charge on any atom is 0.401 e. The Kier molecular flexibility index (Phi) is 5.43. The smallest absolute Gasteiger partial charge is 0.401 e. The van der Waals surface area contributed by atoms with Crippen molar-refractivity contribution in [3.63, 3.8) is 0 Å². The average molecular weight is 296 g/mol. The van der Waals surface area contributed by atoms with Gasteiger partial charge in [-0.2, -0.15) is 13.2 Å². The maximum atomic E-state index is 12.5. The van der Waals surface area contributed by atoms with Crippen molar-refractivity contribution in [3.05, 3.63) is 0 Å². The molecule has 1 aliphatic rings. The van der Waals surface area contributed by atoms with Crippen LogP contribution in [0, 0.1) is 0 Å². The number of hydrogen-bond acceptors (Lipinski definition) is 3. The molecule has 2 atom stereocenters. The number of nitrogens with one attached hydrogen (secondary N) is 1. The Balaban J connectivity index is 2.79. The molecular formula is C13H23F3N2O2. The van der Waals surface area contributed by atoms with Gasteiger partial charge in [-0.25, -0.2) is 0 Å². The van der Waals surface area contributed by atoms with Crippen LogP contribution in [0.3, 0.4) is 0 Å². The van der Waals surface area contributed by atoms with Gasteiger partial charge < -0.3 is 5.11 Å². The number of hydrogen-bond donors (Lipinski definition) is 2. The highest BCUT2D eigenvalue weighted by atomic mass is 19.4. The van der Waals surface area contributed by atoms with Crippen LogP contribution in [0.25, 0.3) is 0 Å². The molecule has 0 aromatic carbocycles. The fourth-order valence-electron chi connectivity index (χ4n) is 3.00. The van der Waals surface area contributed by atoms with Crippen LogP contribution in [-0.2, 0) is 4.79 Å². The van der Waals surface area contributed by atoms with Crippen LogP contribution in [-0.4, -0.2) is 52.9 Å². The minimum Gasteiger partial charge on any atom is -0.480 e. The number of carboxylic acid groups (broad SMARTS) is 1. The van der Waals surface area contributed by atoms with Gasteiger partial charge in [0, 0.05) is 12.1 Å². The molecule has 2 N–H and O–H groups in total. The van der Waals surface area contributed by atoms with E-state index >= 15 is 0 Å². The van der Waals surface area contributed by atoms with Gasteiger partial charge in [0.1, 0.15) is 5.54 Å². The van der Waals surface area contributed by atoms with Gasteiger partial charge in [0.15, 0.2) is 0 Å². The average Bonchev–Trinajstić information content (AvgIpc) is 2.69. The van der Waals surface area contributed by atoms with Gasteiger partial charge in [0.05, 0.1) is 6.54 Å². The van der Waals surface area contributed by atoms with Gasteiger partial charge >= 0.3 is 12.1 Å². The summed E-state index contributed by atoms with van der Waals surface area (Å²) < 4.78 is 37.6. The van der Waals surface area contributed by atoms with Gasteiger partial charge in [0.25, 0.3) is 0 Å². The van der Waals surface area contributed by atoms with Crippen molar-refractivity contribution in [3.8, 4) is 0 Å². The normalized spacial score (nSPS) is 27.5. The second-order valence-electron chi connectivity index (χ2n) is 5.76. The van der Waals surface area contributed by atoms with Gasteiger partial charge in [-0.1, -0.05) is 6.92 Å². The van der Waals surface area contributed by atoms with Gasteiger partial charge in [-0.3, -0.25) is 15.0 Å². The lowest BCUT2D eigenvalue weighted by Gasteiger charge is -2.32. The molecule has 0 spiro atoms. The molecule has 0 heterocycles. The molecule has 1 saturated carbocycles. The third-order valence-electron chi connectivity index (χ3n) is 3.77. The largest absolute Gasteiger partial charge is 0.480 e. The summed E-state index contributed by atoms with van der Waals surface area (Å²) >= 11 is 0. The summed E-state index contributed by atoms with van der Waals surface area (Å²) in [5.74, 6) is -0.975. The topological polar surface area (TPSA) is 52.6 Å². The van der Waals surface area contributed by atoms with Crippen molar-refractivity contribution in [2.75, 3.05) is 13.1 Å². The van der Waals surface area contributed by atoms with E-state index in [4.69, 9.17) is 0 Å². The first kappa shape index (κ1) is 17.2. The highest BCUT2D eigenvalue weighted by Gasteiger charge is 2.48. The number of carboxylic acids is 1. The lowest BCUT2D eigenvalue weighted by molar-refractivity contribution is -0.151. The molecule has 1 aliphatic carbocycles. The molecule has 0 bridgehead atoms. The Morgan fingerprint density at radius 3 is 2.50 bits per heavy atom. The van der Waals surface area contributed by atoms with E-state index in [1.54, 1.807) is 6.92 Å². The van der Waals surface area contributed by atoms with Crippen molar-refractivity contribution in [2.24, 2.45) is 0 Å². The molecule has 118 valence electrons. The first-order valence-electron chi connectivity index (χ1n) is 6.91. The Hall–Kier alpha value is -0.820. The van der Waals surface area contributed by atoms with Crippen LogP contribution < -0.4 is 5.32 Å². The Morgan fingerprint density at radius 1 is 1.50 bits per heavy atom. The van der Waals surface area contributed by atoms with Gasteiger partial charge in [-0.15, -0.1) is 0 Å². The number of carbonyl (C=O) groups is 1. The molecule has 4 nitrogen and oxygen atoms in total. The van der Waals surface area contributed by atoms with Crippen molar-refractivity contribution in [1.29, 1.82) is 0 Å². The zero-order chi connectivity index (χ0) is 15.6. The second kappa shape index (κ2) is 6.30. The molecule has 0 saturated heterocycles. The molecule has 0 amide bonds. The van der Waals surface area contributed by atoms with Crippen LogP contribution in [0.2, 0.25) is 0 Å². The molecule has 1 fully saturated rings. The third-order valence-corrected chi connectivity index (χ3v) is 3.77. The summed E-state index contributed by atoms with van der Waals surface area (Å²) in [6.07, 6.45) is -3.21. The number of halogens is 3. The predicted octanol–water partition coefficient (Wildman–Crippen LogP) is 2.24. The SMILES string of the molecule is CCN(CC(F)(F)F)C1CCC(NC(C)C)(C(=O)O)C1. The minimum absolute atomic E-state index is 0.0254. The first-order chi connectivity index (χ1) is 9.09. The van der Waals surface area contributed by atoms with Crippen molar-refractivity contribution >= 4 is 5.97 Å². The summed E-state index contributed by atoms with van der Waals surface area (Å²) in [4.78, 5) is 12.8. The van der Waals surface area contributed by atoms with E-state index in [2.05, 4.69) is 5.32 Å². The molecule has 1 rings (SSSR count). The van der Waals surface area contributed by atoms with E-state index in [9.17, 15) is 23.1 Å². The molecule has 7 heteroatoms. The van der Waals surface area contributed by atoms with Crippen LogP contribution in [0.5, 0.6) is 0 Å². The quantitative estimate of drug-likeness (QED) is 0.789. The predicted molar refractivity (Wildman–Crippen MR) is 69.6 cm³/mol. The molecule has 0 aromatic heterocycles. The highest BCUT2D eigenvalue weighted by Crippen LogP contribution is 2.35. The Labute approximate surface area is 117 Å². The molecule has 0 aliphatic heterocycles.